The summed E-state index contributed by atoms with van der Waals surface area (Å²) in [5.41, 5.74) is 0.170. The molecular weight excluding hydrogens is 263 g/mol. The summed E-state index contributed by atoms with van der Waals surface area (Å²) in [6.07, 6.45) is 3.18. The van der Waals surface area contributed by atoms with Gasteiger partial charge in [-0.15, -0.1) is 0 Å². The normalized spacial score (nSPS) is 35.8. The molecule has 0 amide bonds. The van der Waals surface area contributed by atoms with Gasteiger partial charge in [0.05, 0.1) is 0 Å². The average molecular weight is 288 g/mol. The zero-order valence-electron chi connectivity index (χ0n) is 11.2. The van der Waals surface area contributed by atoms with Crippen LogP contribution in [0.15, 0.2) is 0 Å². The molecule has 1 aliphatic carbocycles. The number of rotatable bonds is 3. The van der Waals surface area contributed by atoms with Crippen LogP contribution in [0.5, 0.6) is 0 Å². The van der Waals surface area contributed by atoms with Gasteiger partial charge in [-0.25, -0.2) is 0 Å². The Kier molecular flexibility index (Phi) is 4.66. The van der Waals surface area contributed by atoms with Crippen LogP contribution in [-0.4, -0.2) is 21.8 Å². The van der Waals surface area contributed by atoms with E-state index in [0.29, 0.717) is 28.9 Å². The second-order valence-corrected chi connectivity index (χ2v) is 7.92. The quantitative estimate of drug-likeness (QED) is 0.725. The summed E-state index contributed by atoms with van der Waals surface area (Å²) in [5, 5.41) is 0. The van der Waals surface area contributed by atoms with Gasteiger partial charge in [-0.1, -0.05) is 0 Å². The summed E-state index contributed by atoms with van der Waals surface area (Å²) in [6.45, 7) is 11.2. The molecule has 4 atom stereocenters. The monoisotopic (exact) mass is 289 g/mol. The maximum absolute atomic E-state index is 12.4. The molecule has 16 heavy (non-hydrogen) atoms. The van der Waals surface area contributed by atoms with Gasteiger partial charge in [0, 0.05) is 0 Å². The molecule has 0 heterocycles. The van der Waals surface area contributed by atoms with Crippen molar-refractivity contribution in [2.24, 2.45) is 23.2 Å². The molecule has 1 radical (unpaired) electrons. The summed E-state index contributed by atoms with van der Waals surface area (Å²) < 4.78 is 0. The second kappa shape index (κ2) is 5.23. The molecule has 93 valence electrons. The number of carbonyl (C=O) groups excluding carboxylic acids is 1. The fourth-order valence-corrected chi connectivity index (χ4v) is 3.58. The number of Topliss-reactive ketones (excluding diaryl/α,β-unsaturated/α-hetero) is 1. The van der Waals surface area contributed by atoms with Crippen molar-refractivity contribution in [2.45, 2.75) is 58.7 Å². The van der Waals surface area contributed by atoms with Crippen LogP contribution in [0, 0.1) is 23.2 Å². The third kappa shape index (κ3) is 2.90. The van der Waals surface area contributed by atoms with Crippen molar-refractivity contribution in [1.29, 1.82) is 0 Å². The fraction of sp³-hybridized carbons (Fsp3) is 0.929. The van der Waals surface area contributed by atoms with Gasteiger partial charge in [0.1, 0.15) is 0 Å². The van der Waals surface area contributed by atoms with E-state index in [-0.39, 0.29) is 11.3 Å². The summed E-state index contributed by atoms with van der Waals surface area (Å²) in [5.74, 6) is 1.94. The van der Waals surface area contributed by atoms with Crippen LogP contribution in [0.4, 0.5) is 0 Å². The molecule has 0 aliphatic heterocycles. The Bertz CT molecular complexity index is 257. The minimum absolute atomic E-state index is 0.170. The van der Waals surface area contributed by atoms with E-state index < -0.39 is 0 Å². The fourth-order valence-electron chi connectivity index (χ4n) is 3.23. The number of hydrogen-bond donors (Lipinski definition) is 0. The summed E-state index contributed by atoms with van der Waals surface area (Å²) >= 11 is 3.04. The molecule has 0 aromatic carbocycles. The Morgan fingerprint density at radius 1 is 1.38 bits per heavy atom. The third-order valence-electron chi connectivity index (χ3n) is 4.53. The van der Waals surface area contributed by atoms with Crippen LogP contribution in [0.2, 0.25) is 4.82 Å². The molecule has 1 fully saturated rings. The third-order valence-corrected chi connectivity index (χ3v) is 4.88. The first-order valence-corrected chi connectivity index (χ1v) is 7.44. The van der Waals surface area contributed by atoms with Crippen molar-refractivity contribution in [3.05, 3.63) is 0 Å². The summed E-state index contributed by atoms with van der Waals surface area (Å²) in [4.78, 5) is 12.7. The van der Waals surface area contributed by atoms with E-state index in [0.717, 1.165) is 0 Å². The van der Waals surface area contributed by atoms with Gasteiger partial charge in [-0.05, 0) is 0 Å². The average Bonchev–Trinajstić information content (AvgIpc) is 2.10. The first-order valence-electron chi connectivity index (χ1n) is 6.45. The molecule has 1 saturated carbocycles. The van der Waals surface area contributed by atoms with Gasteiger partial charge in [-0.2, -0.15) is 0 Å². The van der Waals surface area contributed by atoms with Gasteiger partial charge < -0.3 is 0 Å². The standard InChI is InChI=1S/C14H25OSe/c1-9-6-7-10(2)14(4,5)13(9)12(15)8-11(3)16/h9-11,13H,6-8H2,1-5H3. The van der Waals surface area contributed by atoms with E-state index in [1.165, 1.54) is 12.8 Å². The Balaban J connectivity index is 2.84. The van der Waals surface area contributed by atoms with Crippen LogP contribution >= 0.6 is 0 Å². The van der Waals surface area contributed by atoms with Gasteiger partial charge in [0.15, 0.2) is 0 Å². The van der Waals surface area contributed by atoms with E-state index >= 15 is 0 Å². The molecule has 0 aromatic heterocycles. The van der Waals surface area contributed by atoms with Crippen LogP contribution in [0.1, 0.15) is 53.9 Å². The Morgan fingerprint density at radius 3 is 2.44 bits per heavy atom. The molecule has 1 nitrogen and oxygen atoms in total. The maximum atomic E-state index is 12.4. The van der Waals surface area contributed by atoms with Crippen LogP contribution < -0.4 is 0 Å². The second-order valence-electron chi connectivity index (χ2n) is 6.24. The van der Waals surface area contributed by atoms with Crippen molar-refractivity contribution in [1.82, 2.24) is 0 Å². The first kappa shape index (κ1) is 14.3. The molecule has 0 aromatic rings. The molecular formula is C14H25OSe. The van der Waals surface area contributed by atoms with E-state index in [4.69, 9.17) is 0 Å². The molecule has 0 spiro atoms. The molecule has 1 aliphatic rings. The zero-order valence-corrected chi connectivity index (χ0v) is 13.0. The van der Waals surface area contributed by atoms with Gasteiger partial charge in [0.25, 0.3) is 0 Å². The van der Waals surface area contributed by atoms with E-state index in [1.54, 1.807) is 0 Å². The molecule has 2 heteroatoms. The van der Waals surface area contributed by atoms with E-state index in [2.05, 4.69) is 50.6 Å². The number of carbonyl (C=O) groups is 1. The Labute approximate surface area is 109 Å². The topological polar surface area (TPSA) is 17.1 Å². The van der Waals surface area contributed by atoms with E-state index in [1.807, 2.05) is 0 Å². The zero-order chi connectivity index (χ0) is 12.5. The molecule has 0 bridgehead atoms. The van der Waals surface area contributed by atoms with Crippen molar-refractivity contribution in [3.63, 3.8) is 0 Å². The van der Waals surface area contributed by atoms with Gasteiger partial charge in [0.2, 0.25) is 0 Å². The Morgan fingerprint density at radius 2 is 1.94 bits per heavy atom. The van der Waals surface area contributed by atoms with Crippen LogP contribution in [0.25, 0.3) is 0 Å². The predicted molar refractivity (Wildman–Crippen MR) is 69.6 cm³/mol. The van der Waals surface area contributed by atoms with Crippen molar-refractivity contribution in [3.8, 4) is 0 Å². The molecule has 4 unspecified atom stereocenters. The minimum atomic E-state index is 0.170. The van der Waals surface area contributed by atoms with Gasteiger partial charge in [-0.3, -0.25) is 0 Å². The predicted octanol–water partition coefficient (Wildman–Crippen LogP) is 3.63. The first-order chi connectivity index (χ1) is 7.26. The SMILES string of the molecule is CC([Se])CC(=O)C1C(C)CCC(C)C1(C)C. The molecule has 0 N–H and O–H groups in total. The summed E-state index contributed by atoms with van der Waals surface area (Å²) in [7, 11) is 0. The molecule has 1 rings (SSSR count). The Hall–Kier alpha value is 0.189. The number of ketones is 1. The number of hydrogen-bond acceptors (Lipinski definition) is 1. The summed E-state index contributed by atoms with van der Waals surface area (Å²) in [6, 6.07) is 0. The van der Waals surface area contributed by atoms with Crippen LogP contribution in [0.3, 0.4) is 0 Å². The van der Waals surface area contributed by atoms with Crippen molar-refractivity contribution in [2.75, 3.05) is 0 Å². The molecule has 0 saturated heterocycles. The van der Waals surface area contributed by atoms with Gasteiger partial charge >= 0.3 is 108 Å². The van der Waals surface area contributed by atoms with Crippen LogP contribution in [-0.2, 0) is 4.79 Å². The van der Waals surface area contributed by atoms with Crippen molar-refractivity contribution >= 4 is 21.8 Å². The van der Waals surface area contributed by atoms with E-state index in [9.17, 15) is 4.79 Å². The van der Waals surface area contributed by atoms with Crippen molar-refractivity contribution < 1.29 is 4.79 Å².